The standard InChI is InChI=1S/C25H28N6O3/c1-25(2,3)34-24(32)31-12-10-30(11-13-31)23-28-15-20(16-29-23)27-17-21-8-9-22(33-21)19-6-4-18(14-26)5-7-19/h4-9,15-16,27H,10-13,17H2,1-3H3. The number of carbonyl (C=O) groups is 1. The summed E-state index contributed by atoms with van der Waals surface area (Å²) in [6.07, 6.45) is 3.20. The Balaban J connectivity index is 1.27. The third kappa shape index (κ3) is 5.84. The van der Waals surface area contributed by atoms with Crippen molar-refractivity contribution in [3.8, 4) is 17.4 Å². The highest BCUT2D eigenvalue weighted by Crippen LogP contribution is 2.23. The van der Waals surface area contributed by atoms with E-state index in [-0.39, 0.29) is 6.09 Å². The molecular weight excluding hydrogens is 432 g/mol. The molecule has 0 spiro atoms. The Hall–Kier alpha value is -4.06. The Bertz CT molecular complexity index is 1150. The predicted molar refractivity (Wildman–Crippen MR) is 128 cm³/mol. The van der Waals surface area contributed by atoms with Crippen LogP contribution in [-0.4, -0.2) is 52.7 Å². The van der Waals surface area contributed by atoms with Crippen LogP contribution in [0.15, 0.2) is 53.2 Å². The summed E-state index contributed by atoms with van der Waals surface area (Å²) < 4.78 is 11.3. The Kier molecular flexibility index (Phi) is 6.68. The molecule has 176 valence electrons. The van der Waals surface area contributed by atoms with Gasteiger partial charge in [-0.05, 0) is 57.2 Å². The van der Waals surface area contributed by atoms with Gasteiger partial charge in [0.1, 0.15) is 17.1 Å². The molecule has 0 radical (unpaired) electrons. The van der Waals surface area contributed by atoms with Crippen LogP contribution in [0.5, 0.6) is 0 Å². The van der Waals surface area contributed by atoms with Crippen LogP contribution in [0, 0.1) is 11.3 Å². The van der Waals surface area contributed by atoms with Crippen LogP contribution in [0.1, 0.15) is 32.1 Å². The maximum absolute atomic E-state index is 12.2. The second-order valence-electron chi connectivity index (χ2n) is 9.03. The predicted octanol–water partition coefficient (Wildman–Crippen LogP) is 4.28. The molecule has 9 nitrogen and oxygen atoms in total. The number of furan rings is 1. The zero-order valence-corrected chi connectivity index (χ0v) is 19.6. The lowest BCUT2D eigenvalue weighted by atomic mass is 10.1. The van der Waals surface area contributed by atoms with Crippen LogP contribution >= 0.6 is 0 Å². The Morgan fingerprint density at radius 3 is 2.38 bits per heavy atom. The van der Waals surface area contributed by atoms with Gasteiger partial charge in [-0.25, -0.2) is 14.8 Å². The fourth-order valence-electron chi connectivity index (χ4n) is 3.52. The molecule has 1 N–H and O–H groups in total. The minimum atomic E-state index is -0.499. The van der Waals surface area contributed by atoms with E-state index in [1.165, 1.54) is 0 Å². The number of nitrogens with zero attached hydrogens (tertiary/aromatic N) is 5. The molecule has 3 heterocycles. The minimum absolute atomic E-state index is 0.284. The Morgan fingerprint density at radius 1 is 1.09 bits per heavy atom. The van der Waals surface area contributed by atoms with E-state index < -0.39 is 5.60 Å². The minimum Gasteiger partial charge on any atom is -0.459 e. The monoisotopic (exact) mass is 460 g/mol. The highest BCUT2D eigenvalue weighted by Gasteiger charge is 2.26. The second-order valence-corrected chi connectivity index (χ2v) is 9.03. The van der Waals surface area contributed by atoms with Gasteiger partial charge in [-0.1, -0.05) is 0 Å². The van der Waals surface area contributed by atoms with E-state index in [9.17, 15) is 4.79 Å². The molecule has 3 aromatic rings. The maximum atomic E-state index is 12.2. The first-order valence-corrected chi connectivity index (χ1v) is 11.2. The summed E-state index contributed by atoms with van der Waals surface area (Å²) in [5.41, 5.74) is 1.82. The molecule has 1 aliphatic rings. The molecule has 2 aromatic heterocycles. The van der Waals surface area contributed by atoms with Crippen LogP contribution in [0.25, 0.3) is 11.3 Å². The molecule has 0 atom stereocenters. The number of hydrogen-bond acceptors (Lipinski definition) is 8. The summed E-state index contributed by atoms with van der Waals surface area (Å²) >= 11 is 0. The average Bonchev–Trinajstić information content (AvgIpc) is 3.31. The number of ether oxygens (including phenoxy) is 1. The van der Waals surface area contributed by atoms with Gasteiger partial charge in [0.25, 0.3) is 0 Å². The van der Waals surface area contributed by atoms with Crippen molar-refractivity contribution >= 4 is 17.7 Å². The molecule has 1 fully saturated rings. The molecule has 4 rings (SSSR count). The van der Waals surface area contributed by atoms with Gasteiger partial charge in [0, 0.05) is 31.7 Å². The first-order valence-electron chi connectivity index (χ1n) is 11.2. The third-order valence-corrected chi connectivity index (χ3v) is 5.28. The number of rotatable bonds is 5. The van der Waals surface area contributed by atoms with Crippen LogP contribution in [-0.2, 0) is 11.3 Å². The van der Waals surface area contributed by atoms with Crippen molar-refractivity contribution in [1.82, 2.24) is 14.9 Å². The number of carbonyl (C=O) groups excluding carboxylic acids is 1. The van der Waals surface area contributed by atoms with Crippen LogP contribution in [0.3, 0.4) is 0 Å². The SMILES string of the molecule is CC(C)(C)OC(=O)N1CCN(c2ncc(NCc3ccc(-c4ccc(C#N)cc4)o3)cn2)CC1. The number of benzene rings is 1. The number of amides is 1. The molecular formula is C25H28N6O3. The zero-order valence-electron chi connectivity index (χ0n) is 19.6. The average molecular weight is 461 g/mol. The van der Waals surface area contributed by atoms with Crippen molar-refractivity contribution in [3.05, 3.63) is 60.1 Å². The molecule has 1 aromatic carbocycles. The molecule has 34 heavy (non-hydrogen) atoms. The summed E-state index contributed by atoms with van der Waals surface area (Å²) in [6, 6.07) is 13.2. The van der Waals surface area contributed by atoms with Gasteiger partial charge in [-0.15, -0.1) is 0 Å². The quantitative estimate of drug-likeness (QED) is 0.601. The molecule has 0 unspecified atom stereocenters. The van der Waals surface area contributed by atoms with Gasteiger partial charge in [-0.3, -0.25) is 0 Å². The molecule has 1 aliphatic heterocycles. The molecule has 1 amide bonds. The summed E-state index contributed by atoms with van der Waals surface area (Å²) in [5, 5.41) is 12.2. The number of piperazine rings is 1. The molecule has 0 saturated carbocycles. The molecule has 0 aliphatic carbocycles. The molecule has 0 bridgehead atoms. The smallest absolute Gasteiger partial charge is 0.410 e. The van der Waals surface area contributed by atoms with E-state index in [1.807, 2.05) is 45.0 Å². The van der Waals surface area contributed by atoms with Crippen molar-refractivity contribution in [2.24, 2.45) is 0 Å². The first kappa shape index (κ1) is 23.1. The van der Waals surface area contributed by atoms with Gasteiger partial charge < -0.3 is 24.3 Å². The largest absolute Gasteiger partial charge is 0.459 e. The van der Waals surface area contributed by atoms with Crippen molar-refractivity contribution in [3.63, 3.8) is 0 Å². The highest BCUT2D eigenvalue weighted by molar-refractivity contribution is 5.68. The van der Waals surface area contributed by atoms with E-state index in [0.717, 1.165) is 22.8 Å². The lowest BCUT2D eigenvalue weighted by Crippen LogP contribution is -2.50. The maximum Gasteiger partial charge on any atom is 0.410 e. The molecule has 9 heteroatoms. The first-order chi connectivity index (χ1) is 16.3. The normalized spacial score (nSPS) is 13.9. The van der Waals surface area contributed by atoms with E-state index in [4.69, 9.17) is 14.4 Å². The van der Waals surface area contributed by atoms with Crippen molar-refractivity contribution in [2.45, 2.75) is 32.9 Å². The molecule has 1 saturated heterocycles. The lowest BCUT2D eigenvalue weighted by molar-refractivity contribution is 0.0240. The van der Waals surface area contributed by atoms with Crippen LogP contribution < -0.4 is 10.2 Å². The van der Waals surface area contributed by atoms with E-state index in [2.05, 4.69) is 26.3 Å². The van der Waals surface area contributed by atoms with Crippen LogP contribution in [0.4, 0.5) is 16.4 Å². The summed E-state index contributed by atoms with van der Waals surface area (Å²) in [6.45, 7) is 8.53. The number of hydrogen-bond donors (Lipinski definition) is 1. The van der Waals surface area contributed by atoms with Crippen LogP contribution in [0.2, 0.25) is 0 Å². The van der Waals surface area contributed by atoms with Gasteiger partial charge in [0.05, 0.1) is 36.3 Å². The number of aromatic nitrogens is 2. The topological polar surface area (TPSA) is 108 Å². The fraction of sp³-hybridized carbons (Fsp3) is 0.360. The third-order valence-electron chi connectivity index (χ3n) is 5.28. The van der Waals surface area contributed by atoms with Gasteiger partial charge >= 0.3 is 6.09 Å². The Morgan fingerprint density at radius 2 is 1.76 bits per heavy atom. The second kappa shape index (κ2) is 9.83. The van der Waals surface area contributed by atoms with Gasteiger partial charge in [0.2, 0.25) is 5.95 Å². The fourth-order valence-corrected chi connectivity index (χ4v) is 3.52. The highest BCUT2D eigenvalue weighted by atomic mass is 16.6. The zero-order chi connectivity index (χ0) is 24.1. The lowest BCUT2D eigenvalue weighted by Gasteiger charge is -2.35. The Labute approximate surface area is 199 Å². The number of anilines is 2. The van der Waals surface area contributed by atoms with Gasteiger partial charge in [-0.2, -0.15) is 5.26 Å². The van der Waals surface area contributed by atoms with E-state index in [1.54, 1.807) is 29.4 Å². The van der Waals surface area contributed by atoms with E-state index >= 15 is 0 Å². The number of nitriles is 1. The summed E-state index contributed by atoms with van der Waals surface area (Å²) in [5.74, 6) is 2.16. The van der Waals surface area contributed by atoms with Gasteiger partial charge in [0.15, 0.2) is 0 Å². The van der Waals surface area contributed by atoms with Crippen molar-refractivity contribution < 1.29 is 13.9 Å². The van der Waals surface area contributed by atoms with Crippen molar-refractivity contribution in [1.29, 1.82) is 5.26 Å². The number of nitrogens with one attached hydrogen (secondary N) is 1. The van der Waals surface area contributed by atoms with Crippen molar-refractivity contribution in [2.75, 3.05) is 36.4 Å². The van der Waals surface area contributed by atoms with E-state index in [0.29, 0.717) is 44.2 Å². The summed E-state index contributed by atoms with van der Waals surface area (Å²) in [4.78, 5) is 24.9. The summed E-state index contributed by atoms with van der Waals surface area (Å²) in [7, 11) is 0.